The van der Waals surface area contributed by atoms with E-state index in [-0.39, 0.29) is 0 Å². The van der Waals surface area contributed by atoms with Crippen LogP contribution in [0.1, 0.15) is 5.56 Å². The maximum absolute atomic E-state index is 4.51. The summed E-state index contributed by atoms with van der Waals surface area (Å²) < 4.78 is 3.00. The number of halogens is 1. The van der Waals surface area contributed by atoms with Crippen LogP contribution in [-0.2, 0) is 0 Å². The first-order valence-electron chi connectivity index (χ1n) is 5.45. The Hall–Kier alpha value is -1.61. The third kappa shape index (κ3) is 1.76. The van der Waals surface area contributed by atoms with E-state index in [1.165, 1.54) is 5.56 Å². The predicted molar refractivity (Wildman–Crippen MR) is 73.1 cm³/mol. The van der Waals surface area contributed by atoms with Crippen LogP contribution in [0.2, 0.25) is 0 Å². The SMILES string of the molecule is Cc1ccc2nc(Br)c(-c3ccccc3)n2c1. The van der Waals surface area contributed by atoms with E-state index >= 15 is 0 Å². The number of aryl methyl sites for hydroxylation is 1. The van der Waals surface area contributed by atoms with Crippen molar-refractivity contribution in [2.24, 2.45) is 0 Å². The molecule has 0 fully saturated rings. The quantitative estimate of drug-likeness (QED) is 0.659. The van der Waals surface area contributed by atoms with Crippen LogP contribution in [0.4, 0.5) is 0 Å². The van der Waals surface area contributed by atoms with E-state index in [9.17, 15) is 0 Å². The van der Waals surface area contributed by atoms with Crippen molar-refractivity contribution in [3.8, 4) is 11.3 Å². The average Bonchev–Trinajstić information content (AvgIpc) is 2.65. The zero-order valence-electron chi connectivity index (χ0n) is 9.39. The molecule has 0 atom stereocenters. The summed E-state index contributed by atoms with van der Waals surface area (Å²) in [4.78, 5) is 4.51. The van der Waals surface area contributed by atoms with Gasteiger partial charge in [-0.15, -0.1) is 0 Å². The number of imidazole rings is 1. The van der Waals surface area contributed by atoms with E-state index in [4.69, 9.17) is 0 Å². The molecule has 1 aromatic carbocycles. The van der Waals surface area contributed by atoms with Gasteiger partial charge in [-0.1, -0.05) is 36.4 Å². The van der Waals surface area contributed by atoms with Gasteiger partial charge in [-0.25, -0.2) is 4.98 Å². The Labute approximate surface area is 108 Å². The van der Waals surface area contributed by atoms with Crippen molar-refractivity contribution >= 4 is 21.6 Å². The van der Waals surface area contributed by atoms with Crippen LogP contribution in [0.3, 0.4) is 0 Å². The molecule has 0 aliphatic heterocycles. The Kier molecular flexibility index (Phi) is 2.48. The normalized spacial score (nSPS) is 10.9. The third-order valence-electron chi connectivity index (χ3n) is 2.77. The summed E-state index contributed by atoms with van der Waals surface area (Å²) in [6.07, 6.45) is 2.11. The van der Waals surface area contributed by atoms with E-state index in [0.29, 0.717) is 0 Å². The van der Waals surface area contributed by atoms with Crippen molar-refractivity contribution < 1.29 is 0 Å². The van der Waals surface area contributed by atoms with Gasteiger partial charge in [0.25, 0.3) is 0 Å². The summed E-state index contributed by atoms with van der Waals surface area (Å²) in [5, 5.41) is 0. The van der Waals surface area contributed by atoms with Crippen LogP contribution in [0.15, 0.2) is 53.3 Å². The average molecular weight is 287 g/mol. The first-order valence-corrected chi connectivity index (χ1v) is 6.24. The van der Waals surface area contributed by atoms with E-state index in [2.05, 4.69) is 56.6 Å². The van der Waals surface area contributed by atoms with Crippen molar-refractivity contribution in [2.45, 2.75) is 6.92 Å². The van der Waals surface area contributed by atoms with Crippen LogP contribution >= 0.6 is 15.9 Å². The van der Waals surface area contributed by atoms with Crippen LogP contribution in [0.25, 0.3) is 16.9 Å². The lowest BCUT2D eigenvalue weighted by molar-refractivity contribution is 1.16. The van der Waals surface area contributed by atoms with Crippen LogP contribution < -0.4 is 0 Å². The molecule has 0 aliphatic carbocycles. The molecule has 0 spiro atoms. The molecule has 0 amide bonds. The number of pyridine rings is 1. The Morgan fingerprint density at radius 1 is 1.06 bits per heavy atom. The van der Waals surface area contributed by atoms with Gasteiger partial charge in [0.2, 0.25) is 0 Å². The molecule has 0 unspecified atom stereocenters. The Morgan fingerprint density at radius 3 is 2.59 bits per heavy atom. The molecule has 0 N–H and O–H groups in total. The van der Waals surface area contributed by atoms with Gasteiger partial charge in [-0.2, -0.15) is 0 Å². The van der Waals surface area contributed by atoms with Gasteiger partial charge in [-0.05, 0) is 34.5 Å². The summed E-state index contributed by atoms with van der Waals surface area (Å²) in [5.74, 6) is 0. The Bertz CT molecular complexity index is 671. The highest BCUT2D eigenvalue weighted by molar-refractivity contribution is 9.10. The number of hydrogen-bond acceptors (Lipinski definition) is 1. The molecule has 3 aromatic rings. The predicted octanol–water partition coefficient (Wildman–Crippen LogP) is 4.07. The van der Waals surface area contributed by atoms with Crippen molar-refractivity contribution in [3.63, 3.8) is 0 Å². The first kappa shape index (κ1) is 10.5. The highest BCUT2D eigenvalue weighted by atomic mass is 79.9. The van der Waals surface area contributed by atoms with Gasteiger partial charge < -0.3 is 0 Å². The van der Waals surface area contributed by atoms with Crippen molar-refractivity contribution in [1.82, 2.24) is 9.38 Å². The summed E-state index contributed by atoms with van der Waals surface area (Å²) in [5.41, 5.74) is 4.45. The minimum atomic E-state index is 0.884. The molecular weight excluding hydrogens is 276 g/mol. The largest absolute Gasteiger partial charge is 0.298 e. The fraction of sp³-hybridized carbons (Fsp3) is 0.0714. The Balaban J connectivity index is 2.35. The third-order valence-corrected chi connectivity index (χ3v) is 3.32. The second kappa shape index (κ2) is 4.00. The molecule has 84 valence electrons. The van der Waals surface area contributed by atoms with Crippen LogP contribution in [0, 0.1) is 6.92 Å². The van der Waals surface area contributed by atoms with Gasteiger partial charge in [-0.3, -0.25) is 4.40 Å². The molecule has 2 aromatic heterocycles. The lowest BCUT2D eigenvalue weighted by Crippen LogP contribution is -1.89. The number of aromatic nitrogens is 2. The standard InChI is InChI=1S/C14H11BrN2/c1-10-7-8-12-16-14(15)13(17(12)9-10)11-5-3-2-4-6-11/h2-9H,1H3. The smallest absolute Gasteiger partial charge is 0.138 e. The van der Waals surface area contributed by atoms with Gasteiger partial charge >= 0.3 is 0 Å². The number of hydrogen-bond donors (Lipinski definition) is 0. The molecule has 3 heteroatoms. The zero-order valence-corrected chi connectivity index (χ0v) is 11.0. The van der Waals surface area contributed by atoms with Crippen molar-refractivity contribution in [1.29, 1.82) is 0 Å². The molecule has 17 heavy (non-hydrogen) atoms. The highest BCUT2D eigenvalue weighted by Gasteiger charge is 2.11. The monoisotopic (exact) mass is 286 g/mol. The molecule has 0 saturated carbocycles. The fourth-order valence-corrected chi connectivity index (χ4v) is 2.58. The maximum atomic E-state index is 4.51. The number of nitrogens with zero attached hydrogens (tertiary/aromatic N) is 2. The van der Waals surface area contributed by atoms with E-state index < -0.39 is 0 Å². The van der Waals surface area contributed by atoms with Crippen molar-refractivity contribution in [2.75, 3.05) is 0 Å². The van der Waals surface area contributed by atoms with Crippen LogP contribution in [0.5, 0.6) is 0 Å². The first-order chi connectivity index (χ1) is 8.25. The molecule has 0 saturated heterocycles. The molecule has 3 rings (SSSR count). The molecule has 2 heterocycles. The summed E-state index contributed by atoms with van der Waals surface area (Å²) in [7, 11) is 0. The second-order valence-corrected chi connectivity index (χ2v) is 4.80. The van der Waals surface area contributed by atoms with Gasteiger partial charge in [0.15, 0.2) is 0 Å². The number of rotatable bonds is 1. The minimum absolute atomic E-state index is 0.884. The zero-order chi connectivity index (χ0) is 11.8. The summed E-state index contributed by atoms with van der Waals surface area (Å²) >= 11 is 3.54. The van der Waals surface area contributed by atoms with E-state index in [1.807, 2.05) is 24.3 Å². The fourth-order valence-electron chi connectivity index (χ4n) is 1.98. The maximum Gasteiger partial charge on any atom is 0.138 e. The lowest BCUT2D eigenvalue weighted by atomic mass is 10.2. The molecule has 2 nitrogen and oxygen atoms in total. The molecular formula is C14H11BrN2. The highest BCUT2D eigenvalue weighted by Crippen LogP contribution is 2.29. The molecule has 0 bridgehead atoms. The summed E-state index contributed by atoms with van der Waals surface area (Å²) in [6, 6.07) is 14.4. The number of benzene rings is 1. The van der Waals surface area contributed by atoms with Gasteiger partial charge in [0, 0.05) is 11.8 Å². The topological polar surface area (TPSA) is 17.3 Å². The van der Waals surface area contributed by atoms with E-state index in [1.54, 1.807) is 0 Å². The number of fused-ring (bicyclic) bond motifs is 1. The summed E-state index contributed by atoms with van der Waals surface area (Å²) in [6.45, 7) is 2.09. The van der Waals surface area contributed by atoms with Crippen LogP contribution in [-0.4, -0.2) is 9.38 Å². The lowest BCUT2D eigenvalue weighted by Gasteiger charge is -2.03. The van der Waals surface area contributed by atoms with Gasteiger partial charge in [0.05, 0.1) is 5.69 Å². The Morgan fingerprint density at radius 2 is 1.82 bits per heavy atom. The van der Waals surface area contributed by atoms with Gasteiger partial charge in [0.1, 0.15) is 10.3 Å². The van der Waals surface area contributed by atoms with E-state index in [0.717, 1.165) is 21.5 Å². The molecule has 0 aliphatic rings. The second-order valence-electron chi connectivity index (χ2n) is 4.05. The minimum Gasteiger partial charge on any atom is -0.298 e. The van der Waals surface area contributed by atoms with Crippen molar-refractivity contribution in [3.05, 3.63) is 58.8 Å². The molecule has 0 radical (unpaired) electrons.